The van der Waals surface area contributed by atoms with E-state index in [2.05, 4.69) is 4.74 Å². The average molecular weight is 284 g/mol. The first-order chi connectivity index (χ1) is 9.93. The van der Waals surface area contributed by atoms with E-state index in [0.717, 1.165) is 5.56 Å². The number of carbonyl (C=O) groups excluding carboxylic acids is 2. The van der Waals surface area contributed by atoms with Crippen LogP contribution in [0.25, 0.3) is 0 Å². The molecule has 108 valence electrons. The Hall–Kier alpha value is -2.62. The van der Waals surface area contributed by atoms with E-state index in [4.69, 9.17) is 0 Å². The highest BCUT2D eigenvalue weighted by atomic mass is 16.5. The number of aromatic hydroxyl groups is 1. The van der Waals surface area contributed by atoms with Crippen molar-refractivity contribution < 1.29 is 19.4 Å². The zero-order valence-electron chi connectivity index (χ0n) is 12.1. The van der Waals surface area contributed by atoms with Crippen LogP contribution in [0, 0.1) is 13.8 Å². The molecule has 21 heavy (non-hydrogen) atoms. The highest BCUT2D eigenvalue weighted by Crippen LogP contribution is 2.21. The highest BCUT2D eigenvalue weighted by molar-refractivity contribution is 6.11. The predicted molar refractivity (Wildman–Crippen MR) is 78.8 cm³/mol. The Morgan fingerprint density at radius 1 is 0.952 bits per heavy atom. The molecule has 0 aliphatic rings. The number of phenols is 1. The van der Waals surface area contributed by atoms with Crippen molar-refractivity contribution >= 4 is 11.8 Å². The maximum atomic E-state index is 12.6. The van der Waals surface area contributed by atoms with Gasteiger partial charge in [-0.15, -0.1) is 0 Å². The van der Waals surface area contributed by atoms with Gasteiger partial charge in [0.1, 0.15) is 5.75 Å². The fraction of sp³-hybridized carbons (Fsp3) is 0.176. The van der Waals surface area contributed by atoms with E-state index >= 15 is 0 Å². The second kappa shape index (κ2) is 5.79. The largest absolute Gasteiger partial charge is 0.508 e. The van der Waals surface area contributed by atoms with Crippen LogP contribution in [0.4, 0.5) is 0 Å². The summed E-state index contributed by atoms with van der Waals surface area (Å²) in [5, 5.41) is 9.53. The summed E-state index contributed by atoms with van der Waals surface area (Å²) in [6.45, 7) is 3.53. The first-order valence-electron chi connectivity index (χ1n) is 6.47. The van der Waals surface area contributed by atoms with Crippen LogP contribution in [0.5, 0.6) is 5.75 Å². The summed E-state index contributed by atoms with van der Waals surface area (Å²) in [5.74, 6) is -0.529. The van der Waals surface area contributed by atoms with Crippen LogP contribution in [0.3, 0.4) is 0 Å². The lowest BCUT2D eigenvalue weighted by Crippen LogP contribution is -2.08. The smallest absolute Gasteiger partial charge is 0.337 e. The molecule has 4 nitrogen and oxygen atoms in total. The van der Waals surface area contributed by atoms with Crippen molar-refractivity contribution in [2.45, 2.75) is 13.8 Å². The minimum Gasteiger partial charge on any atom is -0.508 e. The summed E-state index contributed by atoms with van der Waals surface area (Å²) in [7, 11) is 1.30. The number of carbonyl (C=O) groups is 2. The molecular formula is C17H16O4. The molecule has 0 spiro atoms. The second-order valence-electron chi connectivity index (χ2n) is 4.85. The number of rotatable bonds is 3. The van der Waals surface area contributed by atoms with Crippen LogP contribution in [-0.2, 0) is 4.74 Å². The van der Waals surface area contributed by atoms with Gasteiger partial charge in [0.05, 0.1) is 12.7 Å². The van der Waals surface area contributed by atoms with Gasteiger partial charge in [-0.2, -0.15) is 0 Å². The van der Waals surface area contributed by atoms with Gasteiger partial charge in [0.2, 0.25) is 0 Å². The van der Waals surface area contributed by atoms with Crippen molar-refractivity contribution in [1.29, 1.82) is 0 Å². The molecule has 0 aliphatic carbocycles. The number of hydrogen-bond donors (Lipinski definition) is 1. The van der Waals surface area contributed by atoms with Gasteiger partial charge in [0.25, 0.3) is 0 Å². The molecule has 0 unspecified atom stereocenters. The van der Waals surface area contributed by atoms with Gasteiger partial charge in [-0.25, -0.2) is 4.79 Å². The number of hydrogen-bond acceptors (Lipinski definition) is 4. The first kappa shape index (κ1) is 14.8. The number of aryl methyl sites for hydroxylation is 2. The van der Waals surface area contributed by atoms with E-state index in [1.165, 1.54) is 19.2 Å². The molecule has 0 saturated heterocycles. The standard InChI is InChI=1S/C17H16O4/c1-10-4-5-13(17(20)21-3)9-14(10)16(19)12-6-7-15(18)11(2)8-12/h4-9,18H,1-3H3. The number of methoxy groups -OCH3 is 1. The molecule has 0 bridgehead atoms. The summed E-state index contributed by atoms with van der Waals surface area (Å²) >= 11 is 0. The van der Waals surface area contributed by atoms with Crippen LogP contribution >= 0.6 is 0 Å². The topological polar surface area (TPSA) is 63.6 Å². The van der Waals surface area contributed by atoms with E-state index in [1.54, 1.807) is 31.2 Å². The molecule has 0 aromatic heterocycles. The SMILES string of the molecule is COC(=O)c1ccc(C)c(C(=O)c2ccc(O)c(C)c2)c1. The summed E-state index contributed by atoms with van der Waals surface area (Å²) in [4.78, 5) is 24.1. The molecule has 0 radical (unpaired) electrons. The van der Waals surface area contributed by atoms with Gasteiger partial charge in [-0.3, -0.25) is 4.79 Å². The third-order valence-electron chi connectivity index (χ3n) is 3.36. The number of ether oxygens (including phenoxy) is 1. The van der Waals surface area contributed by atoms with Gasteiger partial charge < -0.3 is 9.84 Å². The lowest BCUT2D eigenvalue weighted by molar-refractivity contribution is 0.0600. The molecule has 0 atom stereocenters. The molecule has 0 amide bonds. The fourth-order valence-corrected chi connectivity index (χ4v) is 2.06. The molecule has 2 aromatic carbocycles. The third-order valence-corrected chi connectivity index (χ3v) is 3.36. The van der Waals surface area contributed by atoms with Crippen molar-refractivity contribution in [3.8, 4) is 5.75 Å². The molecular weight excluding hydrogens is 268 g/mol. The molecule has 0 heterocycles. The predicted octanol–water partition coefficient (Wildman–Crippen LogP) is 3.03. The Balaban J connectivity index is 2.47. The van der Waals surface area contributed by atoms with E-state index < -0.39 is 5.97 Å². The minimum atomic E-state index is -0.481. The van der Waals surface area contributed by atoms with Gasteiger partial charge in [0, 0.05) is 11.1 Å². The Kier molecular flexibility index (Phi) is 4.08. The van der Waals surface area contributed by atoms with Crippen LogP contribution in [0.1, 0.15) is 37.4 Å². The van der Waals surface area contributed by atoms with E-state index in [9.17, 15) is 14.7 Å². The van der Waals surface area contributed by atoms with Crippen molar-refractivity contribution in [3.63, 3.8) is 0 Å². The highest BCUT2D eigenvalue weighted by Gasteiger charge is 2.16. The molecule has 2 rings (SSSR count). The lowest BCUT2D eigenvalue weighted by Gasteiger charge is -2.08. The number of benzene rings is 2. The normalized spacial score (nSPS) is 10.2. The summed E-state index contributed by atoms with van der Waals surface area (Å²) in [6.07, 6.45) is 0. The van der Waals surface area contributed by atoms with Crippen LogP contribution in [-0.4, -0.2) is 24.0 Å². The molecule has 2 aromatic rings. The quantitative estimate of drug-likeness (QED) is 0.695. The molecule has 1 N–H and O–H groups in total. The van der Waals surface area contributed by atoms with Gasteiger partial charge in [0.15, 0.2) is 5.78 Å². The van der Waals surface area contributed by atoms with Crippen LogP contribution < -0.4 is 0 Å². The van der Waals surface area contributed by atoms with Crippen molar-refractivity contribution in [2.24, 2.45) is 0 Å². The maximum absolute atomic E-state index is 12.6. The summed E-state index contributed by atoms with van der Waals surface area (Å²) in [6, 6.07) is 9.55. The zero-order valence-corrected chi connectivity index (χ0v) is 12.1. The zero-order chi connectivity index (χ0) is 15.6. The molecule has 4 heteroatoms. The Morgan fingerprint density at radius 3 is 2.24 bits per heavy atom. The van der Waals surface area contributed by atoms with E-state index in [-0.39, 0.29) is 11.5 Å². The number of ketones is 1. The lowest BCUT2D eigenvalue weighted by atomic mass is 9.96. The van der Waals surface area contributed by atoms with E-state index in [1.807, 2.05) is 6.92 Å². The van der Waals surface area contributed by atoms with Gasteiger partial charge >= 0.3 is 5.97 Å². The molecule has 0 saturated carbocycles. The van der Waals surface area contributed by atoms with E-state index in [0.29, 0.717) is 22.3 Å². The minimum absolute atomic E-state index is 0.145. The monoisotopic (exact) mass is 284 g/mol. The Bertz CT molecular complexity index is 717. The third kappa shape index (κ3) is 2.94. The van der Waals surface area contributed by atoms with Crippen molar-refractivity contribution in [1.82, 2.24) is 0 Å². The number of phenolic OH excluding ortho intramolecular Hbond substituents is 1. The van der Waals surface area contributed by atoms with Crippen LogP contribution in [0.2, 0.25) is 0 Å². The maximum Gasteiger partial charge on any atom is 0.337 e. The summed E-state index contributed by atoms with van der Waals surface area (Å²) in [5.41, 5.74) is 2.65. The average Bonchev–Trinajstić information content (AvgIpc) is 2.49. The van der Waals surface area contributed by atoms with Gasteiger partial charge in [-0.05, 0) is 55.3 Å². The van der Waals surface area contributed by atoms with Gasteiger partial charge in [-0.1, -0.05) is 6.07 Å². The van der Waals surface area contributed by atoms with Crippen molar-refractivity contribution in [3.05, 3.63) is 64.2 Å². The molecule has 0 aliphatic heterocycles. The fourth-order valence-electron chi connectivity index (χ4n) is 2.06. The Morgan fingerprint density at radius 2 is 1.62 bits per heavy atom. The summed E-state index contributed by atoms with van der Waals surface area (Å²) < 4.78 is 4.67. The van der Waals surface area contributed by atoms with Crippen molar-refractivity contribution in [2.75, 3.05) is 7.11 Å². The number of esters is 1. The Labute approximate surface area is 123 Å². The first-order valence-corrected chi connectivity index (χ1v) is 6.47. The second-order valence-corrected chi connectivity index (χ2v) is 4.85. The van der Waals surface area contributed by atoms with Crippen LogP contribution in [0.15, 0.2) is 36.4 Å². The molecule has 0 fully saturated rings.